The van der Waals surface area contributed by atoms with Gasteiger partial charge < -0.3 is 10.3 Å². The lowest BCUT2D eigenvalue weighted by Crippen LogP contribution is -1.94. The molecule has 0 bridgehead atoms. The van der Waals surface area contributed by atoms with E-state index in [9.17, 15) is 0 Å². The molecule has 0 aliphatic heterocycles. The van der Waals surface area contributed by atoms with Crippen LogP contribution in [0.15, 0.2) is 35.4 Å². The number of imidazole rings is 1. The van der Waals surface area contributed by atoms with Crippen molar-refractivity contribution in [1.82, 2.24) is 9.55 Å². The number of benzene rings is 1. The van der Waals surface area contributed by atoms with E-state index in [0.717, 1.165) is 17.0 Å². The maximum Gasteiger partial charge on any atom is 0.200 e. The van der Waals surface area contributed by atoms with Crippen LogP contribution in [0.25, 0.3) is 11.3 Å². The molecule has 1 heterocycles. The lowest BCUT2D eigenvalue weighted by atomic mass is 10.2. The quantitative estimate of drug-likeness (QED) is 0.829. The first kappa shape index (κ1) is 11.1. The first-order valence-electron chi connectivity index (χ1n) is 5.22. The standard InChI is InChI=1S/C12H15N3S/c1-3-16-10-6-4-9(5-7-10)11-8-15(2)12(13)14-11/h4-8H,3H2,1-2H3,(H2,13,14). The lowest BCUT2D eigenvalue weighted by Gasteiger charge is -1.99. The summed E-state index contributed by atoms with van der Waals surface area (Å²) in [6, 6.07) is 8.41. The summed E-state index contributed by atoms with van der Waals surface area (Å²) in [6.45, 7) is 2.15. The molecule has 84 valence electrons. The van der Waals surface area contributed by atoms with E-state index < -0.39 is 0 Å². The minimum absolute atomic E-state index is 0.544. The Morgan fingerprint density at radius 2 is 2.00 bits per heavy atom. The summed E-state index contributed by atoms with van der Waals surface area (Å²) in [5.74, 6) is 1.64. The molecule has 0 unspecified atom stereocenters. The third-order valence-corrected chi connectivity index (χ3v) is 3.27. The molecule has 0 radical (unpaired) electrons. The number of thioether (sulfide) groups is 1. The van der Waals surface area contributed by atoms with Gasteiger partial charge in [0.25, 0.3) is 0 Å². The zero-order valence-electron chi connectivity index (χ0n) is 9.47. The van der Waals surface area contributed by atoms with Crippen molar-refractivity contribution in [2.24, 2.45) is 7.05 Å². The number of rotatable bonds is 3. The summed E-state index contributed by atoms with van der Waals surface area (Å²) in [7, 11) is 1.90. The van der Waals surface area contributed by atoms with E-state index in [2.05, 4.69) is 36.2 Å². The molecule has 0 saturated carbocycles. The maximum atomic E-state index is 5.70. The Hall–Kier alpha value is -1.42. The Bertz CT molecular complexity index is 454. The second kappa shape index (κ2) is 4.61. The Balaban J connectivity index is 2.27. The molecule has 3 nitrogen and oxygen atoms in total. The van der Waals surface area contributed by atoms with Gasteiger partial charge in [0.05, 0.1) is 5.69 Å². The Morgan fingerprint density at radius 1 is 1.31 bits per heavy atom. The van der Waals surface area contributed by atoms with Crippen LogP contribution in [0, 0.1) is 0 Å². The molecule has 1 aromatic carbocycles. The van der Waals surface area contributed by atoms with Gasteiger partial charge >= 0.3 is 0 Å². The number of hydrogen-bond acceptors (Lipinski definition) is 3. The van der Waals surface area contributed by atoms with Crippen molar-refractivity contribution < 1.29 is 0 Å². The van der Waals surface area contributed by atoms with Gasteiger partial charge in [-0.1, -0.05) is 19.1 Å². The molecular weight excluding hydrogens is 218 g/mol. The summed E-state index contributed by atoms with van der Waals surface area (Å²) in [4.78, 5) is 5.58. The van der Waals surface area contributed by atoms with Gasteiger partial charge in [0.1, 0.15) is 0 Å². The first-order valence-corrected chi connectivity index (χ1v) is 6.21. The number of anilines is 1. The largest absolute Gasteiger partial charge is 0.369 e. The fourth-order valence-electron chi connectivity index (χ4n) is 1.51. The van der Waals surface area contributed by atoms with Crippen molar-refractivity contribution in [3.05, 3.63) is 30.5 Å². The van der Waals surface area contributed by atoms with Crippen molar-refractivity contribution in [1.29, 1.82) is 0 Å². The van der Waals surface area contributed by atoms with E-state index in [4.69, 9.17) is 5.73 Å². The summed E-state index contributed by atoms with van der Waals surface area (Å²) < 4.78 is 1.82. The van der Waals surface area contributed by atoms with E-state index in [1.54, 1.807) is 0 Å². The molecule has 0 fully saturated rings. The molecule has 1 aromatic heterocycles. The molecule has 0 atom stereocenters. The number of aromatic nitrogens is 2. The van der Waals surface area contributed by atoms with Gasteiger partial charge in [-0.3, -0.25) is 0 Å². The van der Waals surface area contributed by atoms with Crippen LogP contribution in [0.5, 0.6) is 0 Å². The monoisotopic (exact) mass is 233 g/mol. The summed E-state index contributed by atoms with van der Waals surface area (Å²) in [5, 5.41) is 0. The number of hydrogen-bond donors (Lipinski definition) is 1. The smallest absolute Gasteiger partial charge is 0.200 e. The Morgan fingerprint density at radius 3 is 2.50 bits per heavy atom. The predicted molar refractivity (Wildman–Crippen MR) is 69.5 cm³/mol. The lowest BCUT2D eigenvalue weighted by molar-refractivity contribution is 0.930. The minimum Gasteiger partial charge on any atom is -0.369 e. The fraction of sp³-hybridized carbons (Fsp3) is 0.250. The maximum absolute atomic E-state index is 5.70. The van der Waals surface area contributed by atoms with Gasteiger partial charge in [0, 0.05) is 23.7 Å². The third-order valence-electron chi connectivity index (χ3n) is 2.37. The van der Waals surface area contributed by atoms with Crippen LogP contribution in [0.1, 0.15) is 6.92 Å². The van der Waals surface area contributed by atoms with Crippen molar-refractivity contribution in [3.63, 3.8) is 0 Å². The number of nitrogens with two attached hydrogens (primary N) is 1. The zero-order valence-corrected chi connectivity index (χ0v) is 10.3. The predicted octanol–water partition coefficient (Wildman–Crippen LogP) is 2.78. The molecule has 2 aromatic rings. The van der Waals surface area contributed by atoms with E-state index in [-0.39, 0.29) is 0 Å². The molecule has 0 saturated heterocycles. The highest BCUT2D eigenvalue weighted by Crippen LogP contribution is 2.23. The van der Waals surface area contributed by atoms with Crippen LogP contribution in [-0.2, 0) is 7.05 Å². The van der Waals surface area contributed by atoms with Gasteiger partial charge in [-0.25, -0.2) is 4.98 Å². The van der Waals surface area contributed by atoms with Crippen LogP contribution in [0.3, 0.4) is 0 Å². The van der Waals surface area contributed by atoms with E-state index in [1.165, 1.54) is 4.90 Å². The SMILES string of the molecule is CCSc1ccc(-c2cn(C)c(N)n2)cc1. The van der Waals surface area contributed by atoms with Gasteiger partial charge in [0.2, 0.25) is 0 Å². The number of nitrogens with zero attached hydrogens (tertiary/aromatic N) is 2. The third kappa shape index (κ3) is 2.22. The fourth-order valence-corrected chi connectivity index (χ4v) is 2.17. The second-order valence-corrected chi connectivity index (χ2v) is 4.89. The van der Waals surface area contributed by atoms with Crippen molar-refractivity contribution >= 4 is 17.7 Å². The highest BCUT2D eigenvalue weighted by atomic mass is 32.2. The molecule has 0 amide bonds. The molecule has 0 aliphatic rings. The van der Waals surface area contributed by atoms with Gasteiger partial charge in [-0.05, 0) is 17.9 Å². The minimum atomic E-state index is 0.544. The second-order valence-electron chi connectivity index (χ2n) is 3.55. The summed E-state index contributed by atoms with van der Waals surface area (Å²) in [5.41, 5.74) is 7.73. The van der Waals surface area contributed by atoms with Crippen LogP contribution < -0.4 is 5.73 Å². The van der Waals surface area contributed by atoms with Crippen LogP contribution in [-0.4, -0.2) is 15.3 Å². The normalized spacial score (nSPS) is 10.6. The summed E-state index contributed by atoms with van der Waals surface area (Å²) in [6.07, 6.45) is 1.94. The van der Waals surface area contributed by atoms with Crippen molar-refractivity contribution in [2.45, 2.75) is 11.8 Å². The van der Waals surface area contributed by atoms with Crippen LogP contribution in [0.2, 0.25) is 0 Å². The molecule has 2 N–H and O–H groups in total. The van der Waals surface area contributed by atoms with Crippen LogP contribution in [0.4, 0.5) is 5.95 Å². The highest BCUT2D eigenvalue weighted by Gasteiger charge is 2.04. The van der Waals surface area contributed by atoms with Gasteiger partial charge in [-0.15, -0.1) is 11.8 Å². The highest BCUT2D eigenvalue weighted by molar-refractivity contribution is 7.99. The molecule has 0 spiro atoms. The number of nitrogen functional groups attached to an aromatic ring is 1. The van der Waals surface area contributed by atoms with Crippen molar-refractivity contribution in [3.8, 4) is 11.3 Å². The van der Waals surface area contributed by atoms with Crippen molar-refractivity contribution in [2.75, 3.05) is 11.5 Å². The Labute approximate surface area is 99.7 Å². The topological polar surface area (TPSA) is 43.8 Å². The molecule has 4 heteroatoms. The average Bonchev–Trinajstić information content (AvgIpc) is 2.61. The summed E-state index contributed by atoms with van der Waals surface area (Å²) >= 11 is 1.84. The number of aryl methyl sites for hydroxylation is 1. The Kier molecular flexibility index (Phi) is 3.19. The zero-order chi connectivity index (χ0) is 11.5. The van der Waals surface area contributed by atoms with Gasteiger partial charge in [-0.2, -0.15) is 0 Å². The van der Waals surface area contributed by atoms with Crippen LogP contribution >= 0.6 is 11.8 Å². The first-order chi connectivity index (χ1) is 7.70. The van der Waals surface area contributed by atoms with Gasteiger partial charge in [0.15, 0.2) is 5.95 Å². The molecule has 2 rings (SSSR count). The average molecular weight is 233 g/mol. The van der Waals surface area contributed by atoms with E-state index in [0.29, 0.717) is 5.95 Å². The van der Waals surface area contributed by atoms with E-state index >= 15 is 0 Å². The molecular formula is C12H15N3S. The molecule has 0 aliphatic carbocycles. The van der Waals surface area contributed by atoms with E-state index in [1.807, 2.05) is 29.6 Å². The molecule has 16 heavy (non-hydrogen) atoms.